The van der Waals surface area contributed by atoms with E-state index in [1.807, 2.05) is 0 Å². The van der Waals surface area contributed by atoms with Crippen LogP contribution < -0.4 is 10.2 Å². The molecule has 1 heterocycles. The Balaban J connectivity index is 2.22. The van der Waals surface area contributed by atoms with Crippen molar-refractivity contribution >= 4 is 21.6 Å². The van der Waals surface area contributed by atoms with Gasteiger partial charge in [-0.25, -0.2) is 0 Å². The Kier molecular flexibility index (Phi) is 5.91. The monoisotopic (exact) mass is 338 g/mol. The highest BCUT2D eigenvalue weighted by atomic mass is 79.9. The second-order valence-corrected chi connectivity index (χ2v) is 6.99. The molecule has 20 heavy (non-hydrogen) atoms. The minimum absolute atomic E-state index is 0.402. The molecule has 0 aromatic heterocycles. The Hall–Kier alpha value is -0.540. The number of halogens is 1. The van der Waals surface area contributed by atoms with Crippen molar-refractivity contribution in [1.29, 1.82) is 0 Å². The van der Waals surface area contributed by atoms with Crippen molar-refractivity contribution in [2.45, 2.75) is 46.1 Å². The van der Waals surface area contributed by atoms with Crippen molar-refractivity contribution in [1.82, 2.24) is 5.32 Å². The minimum atomic E-state index is 0.402. The van der Waals surface area contributed by atoms with Crippen molar-refractivity contribution < 1.29 is 0 Å². The number of nitrogens with zero attached hydrogens (tertiary/aromatic N) is 1. The highest BCUT2D eigenvalue weighted by molar-refractivity contribution is 9.10. The smallest absolute Gasteiger partial charge is 0.0415 e. The third-order valence-corrected chi connectivity index (χ3v) is 4.65. The number of hydrogen-bond acceptors (Lipinski definition) is 2. The maximum atomic E-state index is 3.62. The van der Waals surface area contributed by atoms with Crippen LogP contribution in [-0.4, -0.2) is 19.6 Å². The van der Waals surface area contributed by atoms with Gasteiger partial charge in [0.15, 0.2) is 0 Å². The molecule has 2 rings (SSSR count). The predicted octanol–water partition coefficient (Wildman–Crippen LogP) is 4.75. The standard InChI is InChI=1S/C17H27BrN2/c1-4-9-19-14(3)16-11-15(18)7-8-17(16)20-10-5-6-13(2)12-20/h7-8,11,13-14,19H,4-6,9-10,12H2,1-3H3. The molecular formula is C17H27BrN2. The molecule has 1 aliphatic rings. The summed E-state index contributed by atoms with van der Waals surface area (Å²) in [7, 11) is 0. The summed E-state index contributed by atoms with van der Waals surface area (Å²) in [6, 6.07) is 7.13. The number of piperidine rings is 1. The van der Waals surface area contributed by atoms with Crippen molar-refractivity contribution in [3.63, 3.8) is 0 Å². The Morgan fingerprint density at radius 2 is 2.25 bits per heavy atom. The second kappa shape index (κ2) is 7.46. The van der Waals surface area contributed by atoms with Crippen LogP contribution in [0.5, 0.6) is 0 Å². The fourth-order valence-electron chi connectivity index (χ4n) is 3.04. The number of rotatable bonds is 5. The van der Waals surface area contributed by atoms with Crippen LogP contribution in [0.2, 0.25) is 0 Å². The summed E-state index contributed by atoms with van der Waals surface area (Å²) < 4.78 is 1.17. The Morgan fingerprint density at radius 1 is 1.45 bits per heavy atom. The Bertz CT molecular complexity index is 433. The largest absolute Gasteiger partial charge is 0.371 e. The Labute approximate surface area is 132 Å². The molecule has 0 aliphatic carbocycles. The third kappa shape index (κ3) is 3.98. The van der Waals surface area contributed by atoms with Gasteiger partial charge >= 0.3 is 0 Å². The SMILES string of the molecule is CCCNC(C)c1cc(Br)ccc1N1CCCC(C)C1. The molecule has 0 bridgehead atoms. The van der Waals surface area contributed by atoms with E-state index in [2.05, 4.69) is 65.1 Å². The molecule has 0 saturated carbocycles. The first-order chi connectivity index (χ1) is 9.61. The van der Waals surface area contributed by atoms with E-state index in [1.165, 1.54) is 48.1 Å². The first-order valence-corrected chi connectivity index (χ1v) is 8.69. The van der Waals surface area contributed by atoms with Crippen LogP contribution in [0.1, 0.15) is 51.6 Å². The van der Waals surface area contributed by atoms with Crippen LogP contribution >= 0.6 is 15.9 Å². The van der Waals surface area contributed by atoms with Crippen molar-refractivity contribution in [2.24, 2.45) is 5.92 Å². The van der Waals surface area contributed by atoms with E-state index in [0.717, 1.165) is 12.5 Å². The topological polar surface area (TPSA) is 15.3 Å². The van der Waals surface area contributed by atoms with Crippen LogP contribution in [0.4, 0.5) is 5.69 Å². The molecule has 1 N–H and O–H groups in total. The molecule has 0 amide bonds. The van der Waals surface area contributed by atoms with Crippen molar-refractivity contribution in [3.8, 4) is 0 Å². The molecule has 1 aliphatic heterocycles. The molecule has 1 fully saturated rings. The third-order valence-electron chi connectivity index (χ3n) is 4.15. The summed E-state index contributed by atoms with van der Waals surface area (Å²) in [6.45, 7) is 10.3. The summed E-state index contributed by atoms with van der Waals surface area (Å²) in [5, 5.41) is 3.62. The highest BCUT2D eigenvalue weighted by Gasteiger charge is 2.20. The molecule has 2 nitrogen and oxygen atoms in total. The lowest BCUT2D eigenvalue weighted by atomic mass is 9.97. The average molecular weight is 339 g/mol. The molecule has 1 saturated heterocycles. The fraction of sp³-hybridized carbons (Fsp3) is 0.647. The molecule has 2 unspecified atom stereocenters. The maximum absolute atomic E-state index is 3.62. The second-order valence-electron chi connectivity index (χ2n) is 6.07. The average Bonchev–Trinajstić information content (AvgIpc) is 2.44. The summed E-state index contributed by atoms with van der Waals surface area (Å²) >= 11 is 3.62. The zero-order chi connectivity index (χ0) is 14.5. The van der Waals surface area contributed by atoms with E-state index in [-0.39, 0.29) is 0 Å². The number of anilines is 1. The summed E-state index contributed by atoms with van der Waals surface area (Å²) in [5.41, 5.74) is 2.83. The molecule has 0 radical (unpaired) electrons. The van der Waals surface area contributed by atoms with Gasteiger partial charge in [0.2, 0.25) is 0 Å². The molecule has 112 valence electrons. The number of benzene rings is 1. The molecular weight excluding hydrogens is 312 g/mol. The quantitative estimate of drug-likeness (QED) is 0.833. The van der Waals surface area contributed by atoms with Gasteiger partial charge < -0.3 is 10.2 Å². The van der Waals surface area contributed by atoms with E-state index >= 15 is 0 Å². The van der Waals surface area contributed by atoms with Crippen molar-refractivity contribution in [2.75, 3.05) is 24.5 Å². The van der Waals surface area contributed by atoms with Crippen LogP contribution in [0.3, 0.4) is 0 Å². The zero-order valence-electron chi connectivity index (χ0n) is 13.0. The minimum Gasteiger partial charge on any atom is -0.371 e. The molecule has 2 atom stereocenters. The summed E-state index contributed by atoms with van der Waals surface area (Å²) in [6.07, 6.45) is 3.86. The van der Waals surface area contributed by atoms with Gasteiger partial charge in [-0.2, -0.15) is 0 Å². The van der Waals surface area contributed by atoms with Gasteiger partial charge in [0.1, 0.15) is 0 Å². The van der Waals surface area contributed by atoms with Crippen LogP contribution in [0.15, 0.2) is 22.7 Å². The predicted molar refractivity (Wildman–Crippen MR) is 91.5 cm³/mol. The number of nitrogens with one attached hydrogen (secondary N) is 1. The zero-order valence-corrected chi connectivity index (χ0v) is 14.5. The van der Waals surface area contributed by atoms with E-state index in [9.17, 15) is 0 Å². The summed E-state index contributed by atoms with van der Waals surface area (Å²) in [5.74, 6) is 0.805. The van der Waals surface area contributed by atoms with E-state index in [4.69, 9.17) is 0 Å². The molecule has 0 spiro atoms. The van der Waals surface area contributed by atoms with Gasteiger partial charge in [-0.15, -0.1) is 0 Å². The van der Waals surface area contributed by atoms with Gasteiger partial charge in [0, 0.05) is 29.3 Å². The fourth-order valence-corrected chi connectivity index (χ4v) is 3.42. The van der Waals surface area contributed by atoms with Gasteiger partial charge in [0.05, 0.1) is 0 Å². The first kappa shape index (κ1) is 15.8. The van der Waals surface area contributed by atoms with Crippen LogP contribution in [0.25, 0.3) is 0 Å². The van der Waals surface area contributed by atoms with Crippen LogP contribution in [0, 0.1) is 5.92 Å². The lowest BCUT2D eigenvalue weighted by Gasteiger charge is -2.35. The summed E-state index contributed by atoms with van der Waals surface area (Å²) in [4.78, 5) is 2.57. The Morgan fingerprint density at radius 3 is 2.95 bits per heavy atom. The molecule has 1 aromatic rings. The molecule has 3 heteroatoms. The lowest BCUT2D eigenvalue weighted by Crippen LogP contribution is -2.35. The highest BCUT2D eigenvalue weighted by Crippen LogP contribution is 2.32. The lowest BCUT2D eigenvalue weighted by molar-refractivity contribution is 0.444. The molecule has 1 aromatic carbocycles. The van der Waals surface area contributed by atoms with Crippen LogP contribution in [-0.2, 0) is 0 Å². The van der Waals surface area contributed by atoms with E-state index < -0.39 is 0 Å². The van der Waals surface area contributed by atoms with Gasteiger partial charge in [-0.1, -0.05) is 29.8 Å². The van der Waals surface area contributed by atoms with E-state index in [0.29, 0.717) is 6.04 Å². The maximum Gasteiger partial charge on any atom is 0.0415 e. The van der Waals surface area contributed by atoms with Gasteiger partial charge in [-0.05, 0) is 62.4 Å². The van der Waals surface area contributed by atoms with Crippen molar-refractivity contribution in [3.05, 3.63) is 28.2 Å². The normalized spacial score (nSPS) is 21.0. The van der Waals surface area contributed by atoms with Gasteiger partial charge in [-0.3, -0.25) is 0 Å². The first-order valence-electron chi connectivity index (χ1n) is 7.89. The number of hydrogen-bond donors (Lipinski definition) is 1. The van der Waals surface area contributed by atoms with E-state index in [1.54, 1.807) is 0 Å². The van der Waals surface area contributed by atoms with Gasteiger partial charge in [0.25, 0.3) is 0 Å².